The molecule has 2 aliphatic heterocycles. The summed E-state index contributed by atoms with van der Waals surface area (Å²) in [4.78, 5) is 1.86. The summed E-state index contributed by atoms with van der Waals surface area (Å²) in [6.45, 7) is 0. The van der Waals surface area contributed by atoms with E-state index in [2.05, 4.69) is 15.5 Å². The maximum Gasteiger partial charge on any atom is 0.151 e. The lowest BCUT2D eigenvalue weighted by Crippen LogP contribution is -2.55. The molecule has 4 atom stereocenters. The van der Waals surface area contributed by atoms with Crippen LogP contribution in [-0.2, 0) is 0 Å². The van der Waals surface area contributed by atoms with Crippen LogP contribution in [0.25, 0.3) is 0 Å². The lowest BCUT2D eigenvalue weighted by Gasteiger charge is -2.38. The maximum atomic E-state index is 14.4. The van der Waals surface area contributed by atoms with E-state index >= 15 is 0 Å². The second-order valence-electron chi connectivity index (χ2n) is 4.93. The number of fused-ring (bicyclic) bond motifs is 2. The summed E-state index contributed by atoms with van der Waals surface area (Å²) in [6.07, 6.45) is 2.05. The van der Waals surface area contributed by atoms with Gasteiger partial charge in [-0.15, -0.1) is 5.10 Å². The number of hydrogen-bond donors (Lipinski definition) is 1. The fraction of sp³-hybridized carbons (Fsp3) is 0.667. The van der Waals surface area contributed by atoms with Gasteiger partial charge in [-0.1, -0.05) is 0 Å². The minimum Gasteiger partial charge on any atom is -0.352 e. The number of anilines is 1. The van der Waals surface area contributed by atoms with E-state index in [1.807, 2.05) is 11.9 Å². The van der Waals surface area contributed by atoms with Crippen LogP contribution < -0.4 is 10.2 Å². The molecule has 1 aromatic rings. The van der Waals surface area contributed by atoms with Gasteiger partial charge in [0.1, 0.15) is 6.17 Å². The van der Waals surface area contributed by atoms with Crippen LogP contribution in [-0.4, -0.2) is 41.5 Å². The van der Waals surface area contributed by atoms with E-state index < -0.39 is 6.17 Å². The Morgan fingerprint density at radius 1 is 1.59 bits per heavy atom. The summed E-state index contributed by atoms with van der Waals surface area (Å²) in [5.74, 6) is 0.639. The van der Waals surface area contributed by atoms with Crippen molar-refractivity contribution in [1.82, 2.24) is 15.5 Å². The van der Waals surface area contributed by atoms with Crippen LogP contribution >= 0.6 is 0 Å². The van der Waals surface area contributed by atoms with E-state index in [0.29, 0.717) is 11.9 Å². The molecule has 2 bridgehead atoms. The molecule has 2 fully saturated rings. The summed E-state index contributed by atoms with van der Waals surface area (Å²) in [5.41, 5.74) is 0. The Labute approximate surface area is 102 Å². The van der Waals surface area contributed by atoms with Crippen molar-refractivity contribution in [3.63, 3.8) is 0 Å². The SMILES string of the molecule is [2H]c1ccc(N(C)[C@@H]2C[C@H]3CC[C@H](N3)[C@@H]2F)nn1. The van der Waals surface area contributed by atoms with Crippen molar-refractivity contribution < 1.29 is 5.76 Å². The Bertz CT molecular complexity index is 427. The minimum absolute atomic E-state index is 0.0143. The first kappa shape index (κ1) is 9.76. The average Bonchev–Trinajstić information content (AvgIpc) is 2.78. The Hall–Kier alpha value is -1.23. The first-order valence-electron chi connectivity index (χ1n) is 6.58. The van der Waals surface area contributed by atoms with Crippen molar-refractivity contribution in [3.05, 3.63) is 18.3 Å². The van der Waals surface area contributed by atoms with Crippen molar-refractivity contribution in [2.45, 2.75) is 43.6 Å². The van der Waals surface area contributed by atoms with E-state index in [9.17, 15) is 4.39 Å². The lowest BCUT2D eigenvalue weighted by atomic mass is 9.96. The molecule has 0 aliphatic carbocycles. The third-order valence-corrected chi connectivity index (χ3v) is 3.93. The second kappa shape index (κ2) is 4.22. The molecule has 0 unspecified atom stereocenters. The Kier molecular flexibility index (Phi) is 2.42. The third kappa shape index (κ3) is 1.88. The Morgan fingerprint density at radius 3 is 3.24 bits per heavy atom. The van der Waals surface area contributed by atoms with Gasteiger partial charge in [-0.25, -0.2) is 4.39 Å². The molecule has 3 rings (SSSR count). The quantitative estimate of drug-likeness (QED) is 0.837. The van der Waals surface area contributed by atoms with Crippen molar-refractivity contribution >= 4 is 5.82 Å². The van der Waals surface area contributed by atoms with Crippen LogP contribution in [0, 0.1) is 0 Å². The van der Waals surface area contributed by atoms with Gasteiger partial charge in [-0.3, -0.25) is 0 Å². The molecule has 5 heteroatoms. The first-order valence-corrected chi connectivity index (χ1v) is 6.08. The van der Waals surface area contributed by atoms with Gasteiger partial charge < -0.3 is 10.2 Å². The van der Waals surface area contributed by atoms with Gasteiger partial charge in [0.05, 0.1) is 7.41 Å². The highest BCUT2D eigenvalue weighted by Gasteiger charge is 2.43. The highest BCUT2D eigenvalue weighted by Crippen LogP contribution is 2.32. The van der Waals surface area contributed by atoms with Gasteiger partial charge in [-0.05, 0) is 31.4 Å². The Balaban J connectivity index is 1.79. The first-order chi connectivity index (χ1) is 8.65. The van der Waals surface area contributed by atoms with Crippen molar-refractivity contribution in [2.24, 2.45) is 0 Å². The normalized spacial score (nSPS) is 36.7. The zero-order chi connectivity index (χ0) is 12.7. The van der Waals surface area contributed by atoms with E-state index in [1.165, 1.54) is 0 Å². The molecular formula is C12H17FN4. The van der Waals surface area contributed by atoms with E-state index in [4.69, 9.17) is 1.37 Å². The van der Waals surface area contributed by atoms with Crippen LogP contribution in [0.1, 0.15) is 20.6 Å². The number of alkyl halides is 1. The number of aromatic nitrogens is 2. The molecule has 3 heterocycles. The van der Waals surface area contributed by atoms with Gasteiger partial charge in [0.2, 0.25) is 0 Å². The predicted octanol–water partition coefficient (Wildman–Crippen LogP) is 1.14. The van der Waals surface area contributed by atoms with Crippen molar-refractivity contribution in [1.29, 1.82) is 0 Å². The number of rotatable bonds is 2. The zero-order valence-corrected chi connectivity index (χ0v) is 9.81. The monoisotopic (exact) mass is 237 g/mol. The van der Waals surface area contributed by atoms with Gasteiger partial charge in [0, 0.05) is 25.3 Å². The smallest absolute Gasteiger partial charge is 0.151 e. The van der Waals surface area contributed by atoms with E-state index in [-0.39, 0.29) is 18.3 Å². The summed E-state index contributed by atoms with van der Waals surface area (Å²) >= 11 is 0. The second-order valence-corrected chi connectivity index (χ2v) is 4.93. The minimum atomic E-state index is -0.869. The van der Waals surface area contributed by atoms with E-state index in [1.54, 1.807) is 12.1 Å². The average molecular weight is 237 g/mol. The molecule has 1 aromatic heterocycles. The molecule has 92 valence electrons. The van der Waals surface area contributed by atoms with Crippen LogP contribution in [0.4, 0.5) is 10.2 Å². The van der Waals surface area contributed by atoms with Gasteiger partial charge in [-0.2, -0.15) is 5.10 Å². The largest absolute Gasteiger partial charge is 0.352 e. The fourth-order valence-electron chi connectivity index (χ4n) is 2.97. The summed E-state index contributed by atoms with van der Waals surface area (Å²) in [5, 5.41) is 11.0. The number of nitrogens with one attached hydrogen (secondary N) is 1. The number of halogens is 1. The number of nitrogens with zero attached hydrogens (tertiary/aromatic N) is 3. The molecule has 4 nitrogen and oxygen atoms in total. The summed E-state index contributed by atoms with van der Waals surface area (Å²) in [6, 6.07) is 3.58. The van der Waals surface area contributed by atoms with Gasteiger partial charge in [0.15, 0.2) is 5.82 Å². The number of hydrogen-bond acceptors (Lipinski definition) is 4. The van der Waals surface area contributed by atoms with Crippen LogP contribution in [0.2, 0.25) is 0 Å². The predicted molar refractivity (Wildman–Crippen MR) is 63.7 cm³/mol. The topological polar surface area (TPSA) is 41.0 Å². The molecule has 17 heavy (non-hydrogen) atoms. The molecule has 0 spiro atoms. The third-order valence-electron chi connectivity index (χ3n) is 3.93. The van der Waals surface area contributed by atoms with Gasteiger partial charge >= 0.3 is 0 Å². The van der Waals surface area contributed by atoms with E-state index in [0.717, 1.165) is 19.3 Å². The summed E-state index contributed by atoms with van der Waals surface area (Å²) < 4.78 is 21.7. The van der Waals surface area contributed by atoms with Crippen molar-refractivity contribution in [3.8, 4) is 0 Å². The molecule has 1 N–H and O–H groups in total. The molecule has 2 aliphatic rings. The standard InChI is InChI=1S/C12H17FN4/c1-17(11-3-2-6-14-16-11)10-7-8-4-5-9(15-8)12(10)13/h2-3,6,8-10,12,15H,4-5,7H2,1H3/t8-,9+,10-,12+/m1/s1/i6D. The molecule has 0 saturated carbocycles. The molecule has 0 amide bonds. The highest BCUT2D eigenvalue weighted by atomic mass is 19.1. The molecule has 2 saturated heterocycles. The Morgan fingerprint density at radius 2 is 2.47 bits per heavy atom. The maximum absolute atomic E-state index is 14.4. The van der Waals surface area contributed by atoms with Gasteiger partial charge in [0.25, 0.3) is 0 Å². The fourth-order valence-corrected chi connectivity index (χ4v) is 2.97. The zero-order valence-electron chi connectivity index (χ0n) is 10.8. The van der Waals surface area contributed by atoms with Crippen molar-refractivity contribution in [2.75, 3.05) is 11.9 Å². The molecular weight excluding hydrogens is 219 g/mol. The highest BCUT2D eigenvalue weighted by molar-refractivity contribution is 5.38. The summed E-state index contributed by atoms with van der Waals surface area (Å²) in [7, 11) is 1.86. The molecule has 0 aromatic carbocycles. The van der Waals surface area contributed by atoms with Crippen LogP contribution in [0.5, 0.6) is 0 Å². The number of piperidine rings is 1. The van der Waals surface area contributed by atoms with Crippen LogP contribution in [0.3, 0.4) is 0 Å². The molecule has 0 radical (unpaired) electrons. The lowest BCUT2D eigenvalue weighted by molar-refractivity contribution is 0.176. The van der Waals surface area contributed by atoms with Crippen LogP contribution in [0.15, 0.2) is 18.3 Å².